The molecule has 0 rings (SSSR count). The predicted octanol–water partition coefficient (Wildman–Crippen LogP) is 8.93. The summed E-state index contributed by atoms with van der Waals surface area (Å²) < 4.78 is 6.02. The van der Waals surface area contributed by atoms with E-state index >= 15 is 0 Å². The van der Waals surface area contributed by atoms with Crippen LogP contribution in [-0.2, 0) is 14.3 Å². The molecule has 0 bridgehead atoms. The van der Waals surface area contributed by atoms with Crippen LogP contribution < -0.4 is 0 Å². The molecule has 220 valence electrons. The average Bonchev–Trinajstić information content (AvgIpc) is 2.79. The molecular weight excluding hydrogens is 462 g/mol. The van der Waals surface area contributed by atoms with Gasteiger partial charge < -0.3 is 14.3 Å². The van der Waals surface area contributed by atoms with Crippen LogP contribution in [0.25, 0.3) is 0 Å². The number of ether oxygens (including phenoxy) is 1. The van der Waals surface area contributed by atoms with Crippen LogP contribution in [0.3, 0.4) is 0 Å². The van der Waals surface area contributed by atoms with Gasteiger partial charge in [0.25, 0.3) is 0 Å². The SMILES string of the molecule is CCCC(C)CCCCCCCCCCCCCCCCCCCC(=O)OC(CC(=O)O)C[N+](C)(C)C. The van der Waals surface area contributed by atoms with Crippen molar-refractivity contribution in [2.75, 3.05) is 27.7 Å². The monoisotopic (exact) mass is 526 g/mol. The molecule has 0 fully saturated rings. The van der Waals surface area contributed by atoms with Gasteiger partial charge >= 0.3 is 11.9 Å². The van der Waals surface area contributed by atoms with E-state index in [4.69, 9.17) is 9.84 Å². The first kappa shape index (κ1) is 35.9. The Kier molecular flexibility index (Phi) is 23.3. The van der Waals surface area contributed by atoms with Gasteiger partial charge in [-0.1, -0.05) is 136 Å². The molecule has 0 aromatic heterocycles. The number of nitrogens with zero attached hydrogens (tertiary/aromatic N) is 1. The molecule has 0 amide bonds. The number of carbonyl (C=O) groups is 2. The number of carboxylic acid groups (broad SMARTS) is 1. The van der Waals surface area contributed by atoms with Crippen LogP contribution in [0.4, 0.5) is 0 Å². The number of quaternary nitrogens is 1. The molecule has 0 radical (unpaired) electrons. The van der Waals surface area contributed by atoms with Crippen molar-refractivity contribution in [2.24, 2.45) is 5.92 Å². The third-order valence-electron chi connectivity index (χ3n) is 7.31. The second kappa shape index (κ2) is 24.0. The lowest BCUT2D eigenvalue weighted by Crippen LogP contribution is -2.43. The Morgan fingerprint density at radius 1 is 0.676 bits per heavy atom. The van der Waals surface area contributed by atoms with Crippen molar-refractivity contribution >= 4 is 11.9 Å². The second-order valence-electron chi connectivity index (χ2n) is 12.6. The van der Waals surface area contributed by atoms with Gasteiger partial charge in [0.05, 0.1) is 27.6 Å². The highest BCUT2D eigenvalue weighted by Crippen LogP contribution is 2.17. The zero-order valence-corrected chi connectivity index (χ0v) is 25.5. The topological polar surface area (TPSA) is 63.6 Å². The molecule has 1 N–H and O–H groups in total. The third-order valence-corrected chi connectivity index (χ3v) is 7.31. The van der Waals surface area contributed by atoms with Crippen LogP contribution in [-0.4, -0.2) is 55.3 Å². The van der Waals surface area contributed by atoms with E-state index in [1.807, 2.05) is 21.1 Å². The van der Waals surface area contributed by atoms with Gasteiger partial charge in [-0.2, -0.15) is 0 Å². The summed E-state index contributed by atoms with van der Waals surface area (Å²) >= 11 is 0. The fourth-order valence-corrected chi connectivity index (χ4v) is 5.24. The lowest BCUT2D eigenvalue weighted by atomic mass is 9.98. The molecule has 5 heteroatoms. The normalized spacial score (nSPS) is 13.4. The molecule has 0 aromatic carbocycles. The van der Waals surface area contributed by atoms with Gasteiger partial charge in [0.2, 0.25) is 0 Å². The van der Waals surface area contributed by atoms with Crippen molar-refractivity contribution in [1.29, 1.82) is 0 Å². The number of hydrogen-bond donors (Lipinski definition) is 1. The van der Waals surface area contributed by atoms with E-state index in [2.05, 4.69) is 13.8 Å². The van der Waals surface area contributed by atoms with Gasteiger partial charge in [-0.25, -0.2) is 0 Å². The van der Waals surface area contributed by atoms with Gasteiger partial charge in [-0.05, 0) is 12.3 Å². The van der Waals surface area contributed by atoms with E-state index in [9.17, 15) is 9.59 Å². The molecule has 0 spiro atoms. The Labute approximate surface area is 230 Å². The summed E-state index contributed by atoms with van der Waals surface area (Å²) in [4.78, 5) is 23.2. The van der Waals surface area contributed by atoms with Gasteiger partial charge in [0.1, 0.15) is 6.54 Å². The number of unbranched alkanes of at least 4 members (excludes halogenated alkanes) is 16. The van der Waals surface area contributed by atoms with E-state index in [1.165, 1.54) is 116 Å². The minimum Gasteiger partial charge on any atom is -0.481 e. The number of likely N-dealkylation sites (N-methyl/N-ethyl adjacent to an activating group) is 1. The quantitative estimate of drug-likeness (QED) is 0.0659. The largest absolute Gasteiger partial charge is 0.481 e. The minimum atomic E-state index is -0.921. The molecule has 0 aliphatic heterocycles. The van der Waals surface area contributed by atoms with Gasteiger partial charge in [-0.3, -0.25) is 9.59 Å². The number of rotatable bonds is 27. The zero-order chi connectivity index (χ0) is 27.8. The lowest BCUT2D eigenvalue weighted by Gasteiger charge is -2.28. The van der Waals surface area contributed by atoms with E-state index in [-0.39, 0.29) is 12.4 Å². The standard InChI is InChI=1S/C32H63NO4/c1-6-24-29(2)25-22-20-18-16-14-12-10-8-7-9-11-13-15-17-19-21-23-26-32(36)37-30(27-31(34)35)28-33(3,4)5/h29-30H,6-28H2,1-5H3/p+1. The third kappa shape index (κ3) is 27.7. The molecular formula is C32H64NO4+. The van der Waals surface area contributed by atoms with Crippen LogP contribution in [0.2, 0.25) is 0 Å². The summed E-state index contributed by atoms with van der Waals surface area (Å²) in [6, 6.07) is 0. The van der Waals surface area contributed by atoms with Crippen molar-refractivity contribution in [3.63, 3.8) is 0 Å². The average molecular weight is 527 g/mol. The Morgan fingerprint density at radius 3 is 1.46 bits per heavy atom. The van der Waals surface area contributed by atoms with Crippen molar-refractivity contribution in [3.05, 3.63) is 0 Å². The van der Waals surface area contributed by atoms with E-state index in [0.29, 0.717) is 17.4 Å². The lowest BCUT2D eigenvalue weighted by molar-refractivity contribution is -0.873. The predicted molar refractivity (Wildman–Crippen MR) is 157 cm³/mol. The molecule has 0 saturated heterocycles. The van der Waals surface area contributed by atoms with Crippen LogP contribution >= 0.6 is 0 Å². The second-order valence-corrected chi connectivity index (χ2v) is 12.6. The fraction of sp³-hybridized carbons (Fsp3) is 0.938. The molecule has 0 saturated carbocycles. The first-order valence-corrected chi connectivity index (χ1v) is 15.9. The molecule has 0 heterocycles. The molecule has 2 unspecified atom stereocenters. The number of aliphatic carboxylic acids is 1. The van der Waals surface area contributed by atoms with Gasteiger partial charge in [0, 0.05) is 6.42 Å². The summed E-state index contributed by atoms with van der Waals surface area (Å²) in [5, 5.41) is 9.06. The maximum absolute atomic E-state index is 12.1. The Balaban J connectivity index is 3.43. The first-order valence-electron chi connectivity index (χ1n) is 15.9. The summed E-state index contributed by atoms with van der Waals surface area (Å²) in [7, 11) is 5.92. The Hall–Kier alpha value is -1.10. The van der Waals surface area contributed by atoms with Crippen LogP contribution in [0.1, 0.15) is 155 Å². The molecule has 0 aromatic rings. The summed E-state index contributed by atoms with van der Waals surface area (Å²) in [5.74, 6) is -0.250. The molecule has 0 aliphatic carbocycles. The fourth-order valence-electron chi connectivity index (χ4n) is 5.24. The maximum atomic E-state index is 12.1. The van der Waals surface area contributed by atoms with Crippen molar-refractivity contribution in [2.45, 2.75) is 161 Å². The highest BCUT2D eigenvalue weighted by Gasteiger charge is 2.24. The molecule has 37 heavy (non-hydrogen) atoms. The van der Waals surface area contributed by atoms with Crippen molar-refractivity contribution in [3.8, 4) is 0 Å². The summed E-state index contributed by atoms with van der Waals surface area (Å²) in [6.07, 6.45) is 26.4. The number of carboxylic acids is 1. The number of hydrogen-bond acceptors (Lipinski definition) is 3. The summed E-state index contributed by atoms with van der Waals surface area (Å²) in [5.41, 5.74) is 0. The van der Waals surface area contributed by atoms with E-state index < -0.39 is 12.1 Å². The Bertz CT molecular complexity index is 543. The molecule has 0 aliphatic rings. The van der Waals surface area contributed by atoms with Crippen molar-refractivity contribution < 1.29 is 23.9 Å². The molecule has 5 nitrogen and oxygen atoms in total. The van der Waals surface area contributed by atoms with Crippen LogP contribution in [0.15, 0.2) is 0 Å². The molecule has 2 atom stereocenters. The smallest absolute Gasteiger partial charge is 0.307 e. The number of carbonyl (C=O) groups excluding carboxylic acids is 1. The van der Waals surface area contributed by atoms with E-state index in [1.54, 1.807) is 0 Å². The Morgan fingerprint density at radius 2 is 1.08 bits per heavy atom. The van der Waals surface area contributed by atoms with Crippen molar-refractivity contribution in [1.82, 2.24) is 0 Å². The van der Waals surface area contributed by atoms with Gasteiger partial charge in [-0.15, -0.1) is 0 Å². The van der Waals surface area contributed by atoms with Crippen LogP contribution in [0, 0.1) is 5.92 Å². The summed E-state index contributed by atoms with van der Waals surface area (Å²) in [6.45, 7) is 5.21. The zero-order valence-electron chi connectivity index (χ0n) is 25.5. The maximum Gasteiger partial charge on any atom is 0.307 e. The van der Waals surface area contributed by atoms with Crippen LogP contribution in [0.5, 0.6) is 0 Å². The van der Waals surface area contributed by atoms with Gasteiger partial charge in [0.15, 0.2) is 6.10 Å². The first-order chi connectivity index (χ1) is 17.6. The minimum absolute atomic E-state index is 0.125. The highest BCUT2D eigenvalue weighted by molar-refractivity contribution is 5.71. The highest BCUT2D eigenvalue weighted by atomic mass is 16.5. The number of esters is 1. The van der Waals surface area contributed by atoms with E-state index in [0.717, 1.165) is 18.8 Å².